The molecule has 0 saturated carbocycles. The smallest absolute Gasteiger partial charge is 0.274 e. The van der Waals surface area contributed by atoms with Crippen LogP contribution in [0.25, 0.3) is 0 Å². The molecule has 0 fully saturated rings. The van der Waals surface area contributed by atoms with Crippen molar-refractivity contribution >= 4 is 17.3 Å². The standard InChI is InChI=1S/C15H17N3O/c1-9-5-4-6-17-14(9)15(19)18-13-8-11(3)10(2)7-12(13)16/h4-8H,16H2,1-3H3,(H,18,19). The van der Waals surface area contributed by atoms with Gasteiger partial charge in [0.1, 0.15) is 5.69 Å². The third kappa shape index (κ3) is 2.73. The number of aryl methyl sites for hydroxylation is 3. The van der Waals surface area contributed by atoms with Crippen LogP contribution in [-0.4, -0.2) is 10.9 Å². The zero-order valence-corrected chi connectivity index (χ0v) is 11.3. The second-order valence-corrected chi connectivity index (χ2v) is 4.65. The quantitative estimate of drug-likeness (QED) is 0.811. The molecule has 19 heavy (non-hydrogen) atoms. The van der Waals surface area contributed by atoms with E-state index in [1.54, 1.807) is 12.3 Å². The lowest BCUT2D eigenvalue weighted by atomic mass is 10.1. The number of carbonyl (C=O) groups is 1. The maximum absolute atomic E-state index is 12.2. The van der Waals surface area contributed by atoms with Gasteiger partial charge in [0.2, 0.25) is 0 Å². The second-order valence-electron chi connectivity index (χ2n) is 4.65. The van der Waals surface area contributed by atoms with E-state index in [0.717, 1.165) is 16.7 Å². The van der Waals surface area contributed by atoms with Gasteiger partial charge in [0.05, 0.1) is 11.4 Å². The van der Waals surface area contributed by atoms with Crippen LogP contribution in [0.1, 0.15) is 27.2 Å². The average molecular weight is 255 g/mol. The van der Waals surface area contributed by atoms with Crippen LogP contribution in [0.2, 0.25) is 0 Å². The van der Waals surface area contributed by atoms with Crippen molar-refractivity contribution in [3.8, 4) is 0 Å². The first-order chi connectivity index (χ1) is 8.99. The third-order valence-corrected chi connectivity index (χ3v) is 3.14. The number of nitrogen functional groups attached to an aromatic ring is 1. The number of benzene rings is 1. The number of hydrogen-bond donors (Lipinski definition) is 2. The third-order valence-electron chi connectivity index (χ3n) is 3.14. The predicted molar refractivity (Wildman–Crippen MR) is 77.3 cm³/mol. The topological polar surface area (TPSA) is 68.0 Å². The fraction of sp³-hybridized carbons (Fsp3) is 0.200. The minimum Gasteiger partial charge on any atom is -0.397 e. The Labute approximate surface area is 112 Å². The van der Waals surface area contributed by atoms with Crippen LogP contribution in [-0.2, 0) is 0 Å². The molecule has 0 aliphatic heterocycles. The van der Waals surface area contributed by atoms with Crippen molar-refractivity contribution in [3.63, 3.8) is 0 Å². The maximum Gasteiger partial charge on any atom is 0.274 e. The Morgan fingerprint density at radius 3 is 2.53 bits per heavy atom. The summed E-state index contributed by atoms with van der Waals surface area (Å²) in [5.74, 6) is -0.243. The Hall–Kier alpha value is -2.36. The minimum atomic E-state index is -0.243. The molecule has 0 aliphatic carbocycles. The number of anilines is 2. The van der Waals surface area contributed by atoms with E-state index in [0.29, 0.717) is 17.1 Å². The first kappa shape index (κ1) is 13.1. The highest BCUT2D eigenvalue weighted by molar-refractivity contribution is 6.05. The number of carbonyl (C=O) groups excluding carboxylic acids is 1. The lowest BCUT2D eigenvalue weighted by Gasteiger charge is -2.11. The molecule has 2 aromatic rings. The number of nitrogens with zero attached hydrogens (tertiary/aromatic N) is 1. The molecule has 4 nitrogen and oxygen atoms in total. The number of rotatable bonds is 2. The fourth-order valence-electron chi connectivity index (χ4n) is 1.85. The average Bonchev–Trinajstić information content (AvgIpc) is 2.36. The molecule has 1 heterocycles. The van der Waals surface area contributed by atoms with Gasteiger partial charge in [0.15, 0.2) is 0 Å². The Morgan fingerprint density at radius 1 is 1.16 bits per heavy atom. The number of nitrogens with two attached hydrogens (primary N) is 1. The second kappa shape index (κ2) is 5.10. The molecule has 0 unspecified atom stereocenters. The fourth-order valence-corrected chi connectivity index (χ4v) is 1.85. The molecule has 3 N–H and O–H groups in total. The summed E-state index contributed by atoms with van der Waals surface area (Å²) in [4.78, 5) is 16.2. The predicted octanol–water partition coefficient (Wildman–Crippen LogP) is 2.84. The summed E-state index contributed by atoms with van der Waals surface area (Å²) in [7, 11) is 0. The summed E-state index contributed by atoms with van der Waals surface area (Å²) in [6.07, 6.45) is 1.60. The highest BCUT2D eigenvalue weighted by atomic mass is 16.1. The highest BCUT2D eigenvalue weighted by Gasteiger charge is 2.12. The van der Waals surface area contributed by atoms with E-state index >= 15 is 0 Å². The van der Waals surface area contributed by atoms with E-state index in [-0.39, 0.29) is 5.91 Å². The summed E-state index contributed by atoms with van der Waals surface area (Å²) >= 11 is 0. The minimum absolute atomic E-state index is 0.243. The van der Waals surface area contributed by atoms with Crippen molar-refractivity contribution in [2.75, 3.05) is 11.1 Å². The van der Waals surface area contributed by atoms with Crippen LogP contribution in [0.15, 0.2) is 30.5 Å². The molecule has 98 valence electrons. The van der Waals surface area contributed by atoms with Crippen LogP contribution < -0.4 is 11.1 Å². The van der Waals surface area contributed by atoms with E-state index < -0.39 is 0 Å². The van der Waals surface area contributed by atoms with E-state index in [1.807, 2.05) is 39.0 Å². The molecule has 4 heteroatoms. The van der Waals surface area contributed by atoms with Gasteiger partial charge in [-0.25, -0.2) is 0 Å². The Bertz CT molecular complexity index is 635. The van der Waals surface area contributed by atoms with Crippen molar-refractivity contribution in [3.05, 3.63) is 52.8 Å². The molecular formula is C15H17N3O. The molecule has 0 radical (unpaired) electrons. The monoisotopic (exact) mass is 255 g/mol. The first-order valence-electron chi connectivity index (χ1n) is 6.08. The van der Waals surface area contributed by atoms with Crippen molar-refractivity contribution in [2.24, 2.45) is 0 Å². The molecule has 0 aliphatic rings. The summed E-state index contributed by atoms with van der Waals surface area (Å²) < 4.78 is 0. The zero-order chi connectivity index (χ0) is 14.0. The van der Waals surface area contributed by atoms with Crippen molar-refractivity contribution in [1.82, 2.24) is 4.98 Å². The SMILES string of the molecule is Cc1cc(N)c(NC(=O)c2ncccc2C)cc1C. The van der Waals surface area contributed by atoms with E-state index in [4.69, 9.17) is 5.73 Å². The number of amides is 1. The van der Waals surface area contributed by atoms with E-state index in [9.17, 15) is 4.79 Å². The molecule has 0 atom stereocenters. The molecule has 2 rings (SSSR count). The molecule has 0 spiro atoms. The summed E-state index contributed by atoms with van der Waals surface area (Å²) in [5, 5.41) is 2.81. The Balaban J connectivity index is 2.30. The van der Waals surface area contributed by atoms with E-state index in [2.05, 4.69) is 10.3 Å². The largest absolute Gasteiger partial charge is 0.397 e. The molecule has 0 bridgehead atoms. The summed E-state index contributed by atoms with van der Waals surface area (Å²) in [6, 6.07) is 7.39. The highest BCUT2D eigenvalue weighted by Crippen LogP contribution is 2.23. The maximum atomic E-state index is 12.2. The first-order valence-corrected chi connectivity index (χ1v) is 6.08. The molecule has 1 amide bonds. The Morgan fingerprint density at radius 2 is 1.84 bits per heavy atom. The van der Waals surface area contributed by atoms with Crippen LogP contribution in [0.5, 0.6) is 0 Å². The van der Waals surface area contributed by atoms with Gasteiger partial charge in [-0.05, 0) is 55.7 Å². The van der Waals surface area contributed by atoms with Crippen LogP contribution in [0.3, 0.4) is 0 Å². The van der Waals surface area contributed by atoms with Gasteiger partial charge in [-0.15, -0.1) is 0 Å². The summed E-state index contributed by atoms with van der Waals surface area (Å²) in [6.45, 7) is 5.82. The van der Waals surface area contributed by atoms with Gasteiger partial charge in [-0.3, -0.25) is 9.78 Å². The van der Waals surface area contributed by atoms with Gasteiger partial charge in [-0.1, -0.05) is 6.07 Å². The lowest BCUT2D eigenvalue weighted by Crippen LogP contribution is -2.16. The lowest BCUT2D eigenvalue weighted by molar-refractivity contribution is 0.102. The van der Waals surface area contributed by atoms with Crippen LogP contribution in [0, 0.1) is 20.8 Å². The molecule has 1 aromatic heterocycles. The summed E-state index contributed by atoms with van der Waals surface area (Å²) in [5.41, 5.74) is 10.5. The molecule has 1 aromatic carbocycles. The van der Waals surface area contributed by atoms with Crippen molar-refractivity contribution in [2.45, 2.75) is 20.8 Å². The normalized spacial score (nSPS) is 10.3. The van der Waals surface area contributed by atoms with Crippen molar-refractivity contribution in [1.29, 1.82) is 0 Å². The number of pyridine rings is 1. The van der Waals surface area contributed by atoms with Gasteiger partial charge in [0.25, 0.3) is 5.91 Å². The Kier molecular flexibility index (Phi) is 3.51. The zero-order valence-electron chi connectivity index (χ0n) is 11.3. The van der Waals surface area contributed by atoms with Crippen molar-refractivity contribution < 1.29 is 4.79 Å². The van der Waals surface area contributed by atoms with Gasteiger partial charge < -0.3 is 11.1 Å². The van der Waals surface area contributed by atoms with Gasteiger partial charge >= 0.3 is 0 Å². The van der Waals surface area contributed by atoms with E-state index in [1.165, 1.54) is 0 Å². The number of hydrogen-bond acceptors (Lipinski definition) is 3. The number of nitrogens with one attached hydrogen (secondary N) is 1. The van der Waals surface area contributed by atoms with Gasteiger partial charge in [-0.2, -0.15) is 0 Å². The van der Waals surface area contributed by atoms with Gasteiger partial charge in [0, 0.05) is 6.20 Å². The van der Waals surface area contributed by atoms with Crippen LogP contribution >= 0.6 is 0 Å². The molecular weight excluding hydrogens is 238 g/mol. The number of aromatic nitrogens is 1. The molecule has 0 saturated heterocycles. The van der Waals surface area contributed by atoms with Crippen LogP contribution in [0.4, 0.5) is 11.4 Å².